The second-order valence-electron chi connectivity index (χ2n) is 6.60. The van der Waals surface area contributed by atoms with Crippen LogP contribution in [0.15, 0.2) is 18.2 Å². The molecule has 0 fully saturated rings. The highest BCUT2D eigenvalue weighted by molar-refractivity contribution is 6.07. The number of likely N-dealkylation sites (N-methyl/N-ethyl adjacent to an activating group) is 1. The summed E-state index contributed by atoms with van der Waals surface area (Å²) in [5.41, 5.74) is 1.03. The Labute approximate surface area is 108 Å². The molecule has 1 aliphatic rings. The molecule has 1 atom stereocenters. The van der Waals surface area contributed by atoms with Crippen LogP contribution in [0.1, 0.15) is 39.7 Å². The third-order valence-electron chi connectivity index (χ3n) is 3.57. The topological polar surface area (TPSA) is 20.3 Å². The van der Waals surface area contributed by atoms with Crippen LogP contribution < -0.4 is 4.90 Å². The van der Waals surface area contributed by atoms with E-state index in [4.69, 9.17) is 0 Å². The summed E-state index contributed by atoms with van der Waals surface area (Å²) in [5, 5.41) is 0. The number of fused-ring (bicyclic) bond motifs is 1. The van der Waals surface area contributed by atoms with Crippen molar-refractivity contribution in [1.82, 2.24) is 0 Å². The molecule has 0 saturated heterocycles. The second-order valence-corrected chi connectivity index (χ2v) is 6.60. The number of anilines is 1. The maximum absolute atomic E-state index is 13.5. The van der Waals surface area contributed by atoms with Gasteiger partial charge in [0.05, 0.1) is 5.41 Å². The zero-order chi connectivity index (χ0) is 13.7. The molecule has 1 aromatic carbocycles. The molecule has 0 spiro atoms. The van der Waals surface area contributed by atoms with Crippen LogP contribution in [0, 0.1) is 11.2 Å². The molecule has 0 N–H and O–H groups in total. The molecule has 1 heterocycles. The fourth-order valence-corrected chi connectivity index (χ4v) is 3.07. The molecule has 1 aliphatic heterocycles. The van der Waals surface area contributed by atoms with Gasteiger partial charge in [-0.3, -0.25) is 4.79 Å². The van der Waals surface area contributed by atoms with Gasteiger partial charge in [0.1, 0.15) is 5.82 Å². The number of hydrogen-bond acceptors (Lipinski definition) is 1. The number of carbonyl (C=O) groups excluding carboxylic acids is 1. The summed E-state index contributed by atoms with van der Waals surface area (Å²) in [5.74, 6) is -0.227. The molecule has 0 radical (unpaired) electrons. The van der Waals surface area contributed by atoms with Gasteiger partial charge in [0.2, 0.25) is 5.91 Å². The molecule has 1 amide bonds. The first-order valence-electron chi connectivity index (χ1n) is 6.23. The van der Waals surface area contributed by atoms with Crippen molar-refractivity contribution in [2.75, 3.05) is 11.9 Å². The number of nitrogens with zero attached hydrogens (tertiary/aromatic N) is 1. The van der Waals surface area contributed by atoms with Gasteiger partial charge in [-0.2, -0.15) is 0 Å². The van der Waals surface area contributed by atoms with Crippen LogP contribution in [-0.4, -0.2) is 13.0 Å². The largest absolute Gasteiger partial charge is 0.314 e. The quantitative estimate of drug-likeness (QED) is 0.746. The van der Waals surface area contributed by atoms with Crippen molar-refractivity contribution in [3.8, 4) is 0 Å². The number of hydrogen-bond donors (Lipinski definition) is 0. The molecule has 0 bridgehead atoms. The second kappa shape index (κ2) is 3.81. The molecule has 2 nitrogen and oxygen atoms in total. The summed E-state index contributed by atoms with van der Waals surface area (Å²) >= 11 is 0. The summed E-state index contributed by atoms with van der Waals surface area (Å²) in [6.07, 6.45) is 0.708. The molecule has 2 rings (SSSR count). The zero-order valence-corrected chi connectivity index (χ0v) is 11.7. The van der Waals surface area contributed by atoms with E-state index < -0.39 is 5.41 Å². The van der Waals surface area contributed by atoms with E-state index in [9.17, 15) is 9.18 Å². The Morgan fingerprint density at radius 3 is 2.50 bits per heavy atom. The Morgan fingerprint density at radius 1 is 1.33 bits per heavy atom. The van der Waals surface area contributed by atoms with E-state index in [-0.39, 0.29) is 17.1 Å². The van der Waals surface area contributed by atoms with Gasteiger partial charge < -0.3 is 4.90 Å². The van der Waals surface area contributed by atoms with E-state index in [2.05, 4.69) is 20.8 Å². The van der Waals surface area contributed by atoms with E-state index in [1.54, 1.807) is 18.0 Å². The van der Waals surface area contributed by atoms with Crippen LogP contribution in [0.5, 0.6) is 0 Å². The molecule has 1 aromatic rings. The number of halogens is 1. The van der Waals surface area contributed by atoms with Gasteiger partial charge in [0.25, 0.3) is 0 Å². The van der Waals surface area contributed by atoms with Gasteiger partial charge in [0.15, 0.2) is 0 Å². The number of rotatable bonds is 1. The lowest BCUT2D eigenvalue weighted by Gasteiger charge is -2.31. The number of benzene rings is 1. The van der Waals surface area contributed by atoms with E-state index in [1.165, 1.54) is 12.1 Å². The van der Waals surface area contributed by atoms with E-state index in [0.29, 0.717) is 6.42 Å². The molecule has 98 valence electrons. The monoisotopic (exact) mass is 249 g/mol. The molecular weight excluding hydrogens is 229 g/mol. The van der Waals surface area contributed by atoms with Crippen molar-refractivity contribution in [1.29, 1.82) is 0 Å². The average molecular weight is 249 g/mol. The highest BCUT2D eigenvalue weighted by Crippen LogP contribution is 2.47. The predicted octanol–water partition coefficient (Wildman–Crippen LogP) is 3.50. The van der Waals surface area contributed by atoms with Crippen molar-refractivity contribution in [2.45, 2.75) is 39.5 Å². The van der Waals surface area contributed by atoms with Crippen LogP contribution in [-0.2, 0) is 10.2 Å². The van der Waals surface area contributed by atoms with Crippen molar-refractivity contribution in [3.63, 3.8) is 0 Å². The van der Waals surface area contributed by atoms with Crippen LogP contribution in [0.3, 0.4) is 0 Å². The summed E-state index contributed by atoms with van der Waals surface area (Å²) < 4.78 is 13.5. The lowest BCUT2D eigenvalue weighted by molar-refractivity contribution is -0.123. The Bertz CT molecular complexity index is 504. The molecule has 3 heteroatoms. The predicted molar refractivity (Wildman–Crippen MR) is 71.2 cm³/mol. The Kier molecular flexibility index (Phi) is 2.76. The highest BCUT2D eigenvalue weighted by atomic mass is 19.1. The van der Waals surface area contributed by atoms with E-state index in [1.807, 2.05) is 6.92 Å². The Morgan fingerprint density at radius 2 is 1.94 bits per heavy atom. The summed E-state index contributed by atoms with van der Waals surface area (Å²) in [4.78, 5) is 14.1. The molecule has 1 unspecified atom stereocenters. The number of amides is 1. The van der Waals surface area contributed by atoms with Gasteiger partial charge in [-0.25, -0.2) is 4.39 Å². The minimum atomic E-state index is -0.621. The van der Waals surface area contributed by atoms with Crippen molar-refractivity contribution in [3.05, 3.63) is 29.6 Å². The normalized spacial score (nSPS) is 23.4. The Hall–Kier alpha value is -1.38. The lowest BCUT2D eigenvalue weighted by atomic mass is 9.71. The third-order valence-corrected chi connectivity index (χ3v) is 3.57. The molecule has 0 saturated carbocycles. The third kappa shape index (κ3) is 1.92. The smallest absolute Gasteiger partial charge is 0.237 e. The number of carbonyl (C=O) groups is 1. The Balaban J connectivity index is 2.57. The SMILES string of the molecule is CN1C(=O)C(C)(CC(C)(C)C)c2cc(F)ccc21. The zero-order valence-electron chi connectivity index (χ0n) is 11.7. The first-order valence-corrected chi connectivity index (χ1v) is 6.23. The van der Waals surface area contributed by atoms with Crippen LogP contribution >= 0.6 is 0 Å². The molecular formula is C15H20FNO. The fourth-order valence-electron chi connectivity index (χ4n) is 3.07. The maximum atomic E-state index is 13.5. The van der Waals surface area contributed by atoms with Crippen LogP contribution in [0.2, 0.25) is 0 Å². The van der Waals surface area contributed by atoms with Crippen LogP contribution in [0.25, 0.3) is 0 Å². The van der Waals surface area contributed by atoms with Crippen LogP contribution in [0.4, 0.5) is 10.1 Å². The summed E-state index contributed by atoms with van der Waals surface area (Å²) in [6, 6.07) is 4.60. The van der Waals surface area contributed by atoms with Crippen molar-refractivity contribution in [2.24, 2.45) is 5.41 Å². The average Bonchev–Trinajstić information content (AvgIpc) is 2.39. The van der Waals surface area contributed by atoms with E-state index in [0.717, 1.165) is 11.3 Å². The van der Waals surface area contributed by atoms with Gasteiger partial charge in [-0.15, -0.1) is 0 Å². The van der Waals surface area contributed by atoms with Gasteiger partial charge in [-0.05, 0) is 42.5 Å². The van der Waals surface area contributed by atoms with Crippen molar-refractivity contribution >= 4 is 11.6 Å². The first kappa shape index (κ1) is 13.1. The molecule has 0 aromatic heterocycles. The fraction of sp³-hybridized carbons (Fsp3) is 0.533. The highest BCUT2D eigenvalue weighted by Gasteiger charge is 2.47. The molecule has 18 heavy (non-hydrogen) atoms. The summed E-state index contributed by atoms with van der Waals surface area (Å²) in [6.45, 7) is 8.22. The van der Waals surface area contributed by atoms with Crippen molar-refractivity contribution < 1.29 is 9.18 Å². The van der Waals surface area contributed by atoms with Gasteiger partial charge >= 0.3 is 0 Å². The maximum Gasteiger partial charge on any atom is 0.237 e. The summed E-state index contributed by atoms with van der Waals surface area (Å²) in [7, 11) is 1.76. The molecule has 0 aliphatic carbocycles. The van der Waals surface area contributed by atoms with E-state index >= 15 is 0 Å². The lowest BCUT2D eigenvalue weighted by Crippen LogP contribution is -2.39. The standard InChI is InChI=1S/C15H20FNO/c1-14(2,3)9-15(4)11-8-10(16)6-7-12(11)17(5)13(15)18/h6-8H,9H2,1-5H3. The minimum Gasteiger partial charge on any atom is -0.314 e. The first-order chi connectivity index (χ1) is 8.15. The van der Waals surface area contributed by atoms with Gasteiger partial charge in [0, 0.05) is 12.7 Å². The minimum absolute atomic E-state index is 0.0131. The van der Waals surface area contributed by atoms with Gasteiger partial charge in [-0.1, -0.05) is 20.8 Å².